The maximum Gasteiger partial charge on any atom is 0.472 e. The van der Waals surface area contributed by atoms with Crippen LogP contribution in [0, 0.1) is 0 Å². The molecule has 3 N–H and O–H groups in total. The van der Waals surface area contributed by atoms with Gasteiger partial charge in [0.15, 0.2) is 12.2 Å². The van der Waals surface area contributed by atoms with Gasteiger partial charge in [-0.15, -0.1) is 0 Å². The summed E-state index contributed by atoms with van der Waals surface area (Å²) in [5.74, 6) is -2.17. The lowest BCUT2D eigenvalue weighted by atomic mass is 10.0. The highest BCUT2D eigenvalue weighted by atomic mass is 31.2. The summed E-state index contributed by atoms with van der Waals surface area (Å²) in [5.41, 5.74) is 0. The molecule has 19 heteroatoms. The lowest BCUT2D eigenvalue weighted by Gasteiger charge is -2.21. The minimum absolute atomic E-state index is 0.0798. The molecule has 0 fully saturated rings. The van der Waals surface area contributed by atoms with Crippen molar-refractivity contribution in [1.29, 1.82) is 0 Å². The van der Waals surface area contributed by atoms with Crippen LogP contribution in [0.15, 0.2) is 60.8 Å². The molecule has 0 saturated heterocycles. The first kappa shape index (κ1) is 92.8. The number of carbonyl (C=O) groups is 4. The zero-order valence-electron chi connectivity index (χ0n) is 61.1. The highest BCUT2D eigenvalue weighted by Gasteiger charge is 2.30. The normalized spacial score (nSPS) is 14.3. The van der Waals surface area contributed by atoms with Crippen molar-refractivity contribution in [3.8, 4) is 0 Å². The van der Waals surface area contributed by atoms with E-state index in [1.165, 1.54) is 109 Å². The second-order valence-electron chi connectivity index (χ2n) is 25.9. The van der Waals surface area contributed by atoms with Gasteiger partial charge in [0.05, 0.1) is 26.4 Å². The predicted octanol–water partition coefficient (Wildman–Crippen LogP) is 21.9. The molecule has 0 saturated carbocycles. The van der Waals surface area contributed by atoms with Crippen LogP contribution in [0.1, 0.15) is 349 Å². The number of rotatable bonds is 73. The maximum absolute atomic E-state index is 13.1. The van der Waals surface area contributed by atoms with Gasteiger partial charge in [0.1, 0.15) is 19.3 Å². The molecule has 17 nitrogen and oxygen atoms in total. The van der Waals surface area contributed by atoms with E-state index in [4.69, 9.17) is 37.0 Å². The molecule has 0 amide bonds. The number of hydrogen-bond donors (Lipinski definition) is 3. The first-order chi connectivity index (χ1) is 46.7. The Morgan fingerprint density at radius 1 is 0.302 bits per heavy atom. The van der Waals surface area contributed by atoms with E-state index in [0.717, 1.165) is 161 Å². The minimum atomic E-state index is -4.97. The van der Waals surface area contributed by atoms with Crippen LogP contribution < -0.4 is 0 Å². The third-order valence-corrected chi connectivity index (χ3v) is 18.4. The summed E-state index contributed by atoms with van der Waals surface area (Å²) in [6.45, 7) is 4.72. The number of ether oxygens (including phenoxy) is 4. The van der Waals surface area contributed by atoms with E-state index in [9.17, 15) is 43.2 Å². The second kappa shape index (κ2) is 70.2. The molecule has 5 atom stereocenters. The Balaban J connectivity index is 5.28. The van der Waals surface area contributed by atoms with Gasteiger partial charge in [-0.2, -0.15) is 0 Å². The number of carbonyl (C=O) groups excluding carboxylic acids is 4. The molecule has 0 aliphatic rings. The summed E-state index contributed by atoms with van der Waals surface area (Å²) in [6.07, 6.45) is 67.8. The lowest BCUT2D eigenvalue weighted by Crippen LogP contribution is -2.30. The Hall–Kier alpha value is -3.24. The summed E-state index contributed by atoms with van der Waals surface area (Å²) >= 11 is 0. The number of allylic oxidation sites excluding steroid dienone is 10. The lowest BCUT2D eigenvalue weighted by molar-refractivity contribution is -0.161. The number of aliphatic hydroxyl groups is 1. The van der Waals surface area contributed by atoms with Crippen LogP contribution in [0.4, 0.5) is 0 Å². The standard InChI is InChI=1S/C77H140O17P2/c1-5-9-13-17-21-25-29-32-34-35-37-40-43-46-50-54-58-62-75(80)88-68-73(94-77(82)64-60-56-52-48-44-38-31-27-23-19-15-11-7-3)70-92-96(85,86)90-66-71(78)65-89-95(83,84)91-69-72(93-76(81)63-59-55-51-47-41-28-24-20-16-12-8-4)67-87-74(79)61-57-53-49-45-42-39-36-33-30-26-22-18-14-10-6-2/h9,13,15,19,21,25,27,31-32,34,71-73,78H,5-8,10-12,14,16-18,20,22-24,26,28-30,33,35-70H2,1-4H3,(H,83,84)(H,85,86)/b13-9-,19-15-,25-21-,31-27-,34-32-. The molecule has 5 unspecified atom stereocenters. The Morgan fingerprint density at radius 2 is 0.562 bits per heavy atom. The minimum Gasteiger partial charge on any atom is -0.462 e. The molecule has 0 aromatic rings. The van der Waals surface area contributed by atoms with Gasteiger partial charge in [0.25, 0.3) is 0 Å². The second-order valence-corrected chi connectivity index (χ2v) is 28.8. The number of phosphoric acid groups is 2. The number of hydrogen-bond acceptors (Lipinski definition) is 15. The van der Waals surface area contributed by atoms with Crippen molar-refractivity contribution in [2.75, 3.05) is 39.6 Å². The first-order valence-corrected chi connectivity index (χ1v) is 41.5. The molecule has 0 radical (unpaired) electrons. The monoisotopic (exact) mass is 1400 g/mol. The summed E-state index contributed by atoms with van der Waals surface area (Å²) in [5, 5.41) is 10.6. The third kappa shape index (κ3) is 69.2. The van der Waals surface area contributed by atoms with Crippen molar-refractivity contribution < 1.29 is 80.2 Å². The zero-order chi connectivity index (χ0) is 70.4. The molecule has 0 bridgehead atoms. The van der Waals surface area contributed by atoms with Crippen molar-refractivity contribution in [2.24, 2.45) is 0 Å². The van der Waals surface area contributed by atoms with E-state index in [1.807, 2.05) is 0 Å². The number of unbranched alkanes of at least 4 members (excludes halogenated alkanes) is 37. The number of phosphoric ester groups is 2. The fraction of sp³-hybridized carbons (Fsp3) is 0.818. The zero-order valence-corrected chi connectivity index (χ0v) is 62.8. The highest BCUT2D eigenvalue weighted by molar-refractivity contribution is 7.47. The van der Waals surface area contributed by atoms with E-state index in [0.29, 0.717) is 25.7 Å². The Kier molecular flexibility index (Phi) is 67.8. The SMILES string of the molecule is CC/C=C\C/C=C\C/C=C\CCCCCCCCCC(=O)OCC(COP(=O)(O)OCC(O)COP(=O)(O)OCC(COC(=O)CCCCCCCCCCCCCCCCC)OC(=O)CCCCCCCCCCCCC)OC(=O)CCCCCCC/C=C\C/C=C\CCC. The molecule has 0 aliphatic heterocycles. The molecule has 0 aromatic carbocycles. The summed E-state index contributed by atoms with van der Waals surface area (Å²) in [6, 6.07) is 0. The van der Waals surface area contributed by atoms with Crippen LogP contribution in [0.5, 0.6) is 0 Å². The Labute approximate surface area is 584 Å². The van der Waals surface area contributed by atoms with E-state index in [1.54, 1.807) is 0 Å². The Morgan fingerprint density at radius 3 is 0.875 bits per heavy atom. The van der Waals surface area contributed by atoms with Gasteiger partial charge in [0, 0.05) is 25.7 Å². The van der Waals surface area contributed by atoms with Crippen molar-refractivity contribution in [1.82, 2.24) is 0 Å². The molecular formula is C77H140O17P2. The quantitative estimate of drug-likeness (QED) is 0.0169. The first-order valence-electron chi connectivity index (χ1n) is 38.5. The number of esters is 4. The highest BCUT2D eigenvalue weighted by Crippen LogP contribution is 2.45. The molecular weight excluding hydrogens is 1260 g/mol. The largest absolute Gasteiger partial charge is 0.472 e. The van der Waals surface area contributed by atoms with Crippen LogP contribution in [-0.4, -0.2) is 96.7 Å². The average molecular weight is 1400 g/mol. The third-order valence-electron chi connectivity index (χ3n) is 16.5. The average Bonchev–Trinajstić information content (AvgIpc) is 1.17. The molecule has 0 spiro atoms. The molecule has 560 valence electrons. The van der Waals surface area contributed by atoms with E-state index in [-0.39, 0.29) is 25.7 Å². The van der Waals surface area contributed by atoms with Crippen molar-refractivity contribution in [3.63, 3.8) is 0 Å². The van der Waals surface area contributed by atoms with Gasteiger partial charge in [-0.05, 0) is 83.5 Å². The van der Waals surface area contributed by atoms with Crippen LogP contribution in [-0.2, 0) is 65.4 Å². The molecule has 0 heterocycles. The smallest absolute Gasteiger partial charge is 0.462 e. The van der Waals surface area contributed by atoms with Gasteiger partial charge in [-0.3, -0.25) is 37.3 Å². The van der Waals surface area contributed by atoms with Gasteiger partial charge in [0.2, 0.25) is 0 Å². The van der Waals surface area contributed by atoms with Crippen molar-refractivity contribution >= 4 is 39.5 Å². The Bertz CT molecular complexity index is 2060. The van der Waals surface area contributed by atoms with Crippen LogP contribution >= 0.6 is 15.6 Å². The van der Waals surface area contributed by atoms with Gasteiger partial charge < -0.3 is 33.8 Å². The topological polar surface area (TPSA) is 237 Å². The molecule has 96 heavy (non-hydrogen) atoms. The van der Waals surface area contributed by atoms with Crippen LogP contribution in [0.3, 0.4) is 0 Å². The molecule has 0 rings (SSSR count). The van der Waals surface area contributed by atoms with E-state index >= 15 is 0 Å². The van der Waals surface area contributed by atoms with Gasteiger partial charge in [-0.1, -0.05) is 300 Å². The van der Waals surface area contributed by atoms with Crippen LogP contribution in [0.2, 0.25) is 0 Å². The van der Waals surface area contributed by atoms with Gasteiger partial charge >= 0.3 is 39.5 Å². The summed E-state index contributed by atoms with van der Waals surface area (Å²) in [7, 11) is -9.93. The van der Waals surface area contributed by atoms with Gasteiger partial charge in [-0.25, -0.2) is 9.13 Å². The summed E-state index contributed by atoms with van der Waals surface area (Å²) in [4.78, 5) is 72.8. The maximum atomic E-state index is 13.1. The van der Waals surface area contributed by atoms with E-state index < -0.39 is 97.5 Å². The van der Waals surface area contributed by atoms with Crippen LogP contribution in [0.25, 0.3) is 0 Å². The van der Waals surface area contributed by atoms with Crippen molar-refractivity contribution in [2.45, 2.75) is 367 Å². The predicted molar refractivity (Wildman–Crippen MR) is 390 cm³/mol. The summed E-state index contributed by atoms with van der Waals surface area (Å²) < 4.78 is 68.4. The van der Waals surface area contributed by atoms with E-state index in [2.05, 4.69) is 88.5 Å². The van der Waals surface area contributed by atoms with Crippen molar-refractivity contribution in [3.05, 3.63) is 60.8 Å². The number of aliphatic hydroxyl groups excluding tert-OH is 1. The fourth-order valence-electron chi connectivity index (χ4n) is 10.6. The molecule has 0 aliphatic carbocycles. The molecule has 0 aromatic heterocycles. The fourth-order valence-corrected chi connectivity index (χ4v) is 12.2.